The van der Waals surface area contributed by atoms with Gasteiger partial charge in [0.1, 0.15) is 6.79 Å². The van der Waals surface area contributed by atoms with Gasteiger partial charge < -0.3 is 14.6 Å². The van der Waals surface area contributed by atoms with Gasteiger partial charge in [-0.05, 0) is 23.1 Å². The number of allylic oxidation sites excluding steroid dienone is 1. The zero-order valence-corrected chi connectivity index (χ0v) is 16.5. The number of nitriles is 1. The number of ether oxygens (including phenoxy) is 2. The van der Waals surface area contributed by atoms with E-state index >= 15 is 0 Å². The van der Waals surface area contributed by atoms with Gasteiger partial charge in [-0.1, -0.05) is 74.0 Å². The van der Waals surface area contributed by atoms with E-state index in [9.17, 15) is 15.2 Å². The average molecular weight is 391 g/mol. The molecule has 0 spiro atoms. The number of rotatable bonds is 7. The highest BCUT2D eigenvalue weighted by molar-refractivity contribution is 5.98. The molecule has 5 nitrogen and oxygen atoms in total. The molecule has 1 aliphatic heterocycles. The summed E-state index contributed by atoms with van der Waals surface area (Å²) in [7, 11) is 0. The fraction of sp³-hybridized carbons (Fsp3) is 0.333. The Balaban J connectivity index is 2.20. The SMILES string of the molecule is CCCC(C#N)C(=C(C(=O)O)C1COCOC1c1ccccc1)c1ccccc1. The van der Waals surface area contributed by atoms with Gasteiger partial charge in [0.05, 0.1) is 30.3 Å². The molecule has 1 saturated heterocycles. The third-order valence-corrected chi connectivity index (χ3v) is 5.18. The molecule has 0 bridgehead atoms. The van der Waals surface area contributed by atoms with Gasteiger partial charge in [-0.25, -0.2) is 4.79 Å². The largest absolute Gasteiger partial charge is 0.478 e. The van der Waals surface area contributed by atoms with Crippen LogP contribution in [0.5, 0.6) is 0 Å². The fourth-order valence-corrected chi connectivity index (χ4v) is 3.90. The van der Waals surface area contributed by atoms with Crippen molar-refractivity contribution in [3.63, 3.8) is 0 Å². The monoisotopic (exact) mass is 391 g/mol. The number of aliphatic carboxylic acids is 1. The molecule has 0 aromatic heterocycles. The van der Waals surface area contributed by atoms with Gasteiger partial charge in [0.2, 0.25) is 0 Å². The fourth-order valence-electron chi connectivity index (χ4n) is 3.90. The topological polar surface area (TPSA) is 79.6 Å². The summed E-state index contributed by atoms with van der Waals surface area (Å²) in [5.41, 5.74) is 2.41. The summed E-state index contributed by atoms with van der Waals surface area (Å²) in [6, 6.07) is 21.2. The Labute approximate surface area is 171 Å². The Morgan fingerprint density at radius 3 is 2.41 bits per heavy atom. The van der Waals surface area contributed by atoms with Gasteiger partial charge in [0.15, 0.2) is 0 Å². The Morgan fingerprint density at radius 2 is 1.83 bits per heavy atom. The van der Waals surface area contributed by atoms with Crippen LogP contribution in [-0.4, -0.2) is 24.5 Å². The predicted molar refractivity (Wildman–Crippen MR) is 110 cm³/mol. The summed E-state index contributed by atoms with van der Waals surface area (Å²) in [4.78, 5) is 12.5. The van der Waals surface area contributed by atoms with E-state index in [1.807, 2.05) is 67.6 Å². The number of carbonyl (C=O) groups is 1. The molecule has 0 aliphatic carbocycles. The highest BCUT2D eigenvalue weighted by Gasteiger charge is 2.37. The van der Waals surface area contributed by atoms with Crippen molar-refractivity contribution in [1.82, 2.24) is 0 Å². The van der Waals surface area contributed by atoms with Crippen molar-refractivity contribution in [3.05, 3.63) is 77.4 Å². The van der Waals surface area contributed by atoms with Crippen LogP contribution in [0.2, 0.25) is 0 Å². The van der Waals surface area contributed by atoms with E-state index in [0.29, 0.717) is 12.0 Å². The van der Waals surface area contributed by atoms with E-state index in [1.165, 1.54) is 0 Å². The van der Waals surface area contributed by atoms with E-state index in [0.717, 1.165) is 17.5 Å². The lowest BCUT2D eigenvalue weighted by Crippen LogP contribution is -2.33. The van der Waals surface area contributed by atoms with Crippen LogP contribution >= 0.6 is 0 Å². The Morgan fingerprint density at radius 1 is 1.17 bits per heavy atom. The second kappa shape index (κ2) is 10.0. The third kappa shape index (κ3) is 4.73. The smallest absolute Gasteiger partial charge is 0.332 e. The van der Waals surface area contributed by atoms with E-state index in [1.54, 1.807) is 0 Å². The standard InChI is InChI=1S/C24H25NO4/c1-2-9-19(14-25)21(17-10-5-3-6-11-17)22(24(26)27)20-15-28-16-29-23(20)18-12-7-4-8-13-18/h3-8,10-13,19-20,23H,2,9,15-16H2,1H3,(H,26,27). The average Bonchev–Trinajstić information content (AvgIpc) is 2.77. The second-order valence-electron chi connectivity index (χ2n) is 7.06. The zero-order chi connectivity index (χ0) is 20.6. The summed E-state index contributed by atoms with van der Waals surface area (Å²) in [5.74, 6) is -2.08. The molecule has 3 unspecified atom stereocenters. The maximum absolute atomic E-state index is 12.5. The molecule has 5 heteroatoms. The van der Waals surface area contributed by atoms with Crippen LogP contribution in [0.4, 0.5) is 0 Å². The Hall–Kier alpha value is -2.94. The van der Waals surface area contributed by atoms with Crippen molar-refractivity contribution in [2.75, 3.05) is 13.4 Å². The number of hydrogen-bond donors (Lipinski definition) is 1. The van der Waals surface area contributed by atoms with Crippen molar-refractivity contribution in [2.24, 2.45) is 11.8 Å². The van der Waals surface area contributed by atoms with Crippen molar-refractivity contribution in [2.45, 2.75) is 25.9 Å². The molecule has 1 fully saturated rings. The van der Waals surface area contributed by atoms with Crippen LogP contribution in [0.1, 0.15) is 37.0 Å². The van der Waals surface area contributed by atoms with Gasteiger partial charge >= 0.3 is 5.97 Å². The van der Waals surface area contributed by atoms with Crippen LogP contribution in [0.3, 0.4) is 0 Å². The maximum atomic E-state index is 12.5. The first-order valence-corrected chi connectivity index (χ1v) is 9.84. The summed E-state index contributed by atoms with van der Waals surface area (Å²) < 4.78 is 11.4. The van der Waals surface area contributed by atoms with Gasteiger partial charge in [0, 0.05) is 5.92 Å². The highest BCUT2D eigenvalue weighted by atomic mass is 16.7. The van der Waals surface area contributed by atoms with Crippen molar-refractivity contribution in [1.29, 1.82) is 5.26 Å². The molecule has 1 N–H and O–H groups in total. The molecule has 150 valence electrons. The molecule has 0 saturated carbocycles. The van der Waals surface area contributed by atoms with E-state index in [-0.39, 0.29) is 19.0 Å². The number of benzene rings is 2. The lowest BCUT2D eigenvalue weighted by molar-refractivity contribution is -0.168. The molecule has 2 aromatic carbocycles. The summed E-state index contributed by atoms with van der Waals surface area (Å²) >= 11 is 0. The van der Waals surface area contributed by atoms with Crippen LogP contribution in [0.25, 0.3) is 5.57 Å². The lowest BCUT2D eigenvalue weighted by Gasteiger charge is -2.34. The molecule has 1 heterocycles. The predicted octanol–water partition coefficient (Wildman–Crippen LogP) is 4.83. The quantitative estimate of drug-likeness (QED) is 0.684. The summed E-state index contributed by atoms with van der Waals surface area (Å²) in [5, 5.41) is 20.1. The lowest BCUT2D eigenvalue weighted by atomic mass is 9.79. The zero-order valence-electron chi connectivity index (χ0n) is 16.5. The molecule has 0 amide bonds. The number of carboxylic acids is 1. The number of hydrogen-bond acceptors (Lipinski definition) is 4. The first-order valence-electron chi connectivity index (χ1n) is 9.84. The van der Waals surface area contributed by atoms with Gasteiger partial charge in [0.25, 0.3) is 0 Å². The highest BCUT2D eigenvalue weighted by Crippen LogP contribution is 2.41. The summed E-state index contributed by atoms with van der Waals surface area (Å²) in [6.07, 6.45) is 0.916. The van der Waals surface area contributed by atoms with Crippen LogP contribution in [-0.2, 0) is 14.3 Å². The summed E-state index contributed by atoms with van der Waals surface area (Å²) in [6.45, 7) is 2.33. The molecule has 3 rings (SSSR count). The minimum Gasteiger partial charge on any atom is -0.478 e. The minimum atomic E-state index is -1.04. The van der Waals surface area contributed by atoms with Gasteiger partial charge in [-0.15, -0.1) is 0 Å². The van der Waals surface area contributed by atoms with E-state index in [2.05, 4.69) is 6.07 Å². The molecule has 29 heavy (non-hydrogen) atoms. The van der Waals surface area contributed by atoms with Gasteiger partial charge in [-0.3, -0.25) is 0 Å². The van der Waals surface area contributed by atoms with Crippen LogP contribution < -0.4 is 0 Å². The van der Waals surface area contributed by atoms with Crippen molar-refractivity contribution in [3.8, 4) is 6.07 Å². The Kier molecular flexibility index (Phi) is 7.18. The normalized spacial score (nSPS) is 21.0. The van der Waals surface area contributed by atoms with Crippen LogP contribution in [0, 0.1) is 23.2 Å². The first kappa shape index (κ1) is 20.8. The molecule has 3 atom stereocenters. The third-order valence-electron chi connectivity index (χ3n) is 5.18. The first-order chi connectivity index (χ1) is 14.2. The molecule has 2 aromatic rings. The number of carboxylic acid groups (broad SMARTS) is 1. The van der Waals surface area contributed by atoms with E-state index < -0.39 is 23.9 Å². The van der Waals surface area contributed by atoms with E-state index in [4.69, 9.17) is 9.47 Å². The molecule has 0 radical (unpaired) electrons. The second-order valence-corrected chi connectivity index (χ2v) is 7.06. The van der Waals surface area contributed by atoms with Crippen LogP contribution in [0.15, 0.2) is 66.2 Å². The molecule has 1 aliphatic rings. The minimum absolute atomic E-state index is 0.111. The number of nitrogens with zero attached hydrogens (tertiary/aromatic N) is 1. The Bertz CT molecular complexity index is 886. The maximum Gasteiger partial charge on any atom is 0.332 e. The van der Waals surface area contributed by atoms with Crippen molar-refractivity contribution < 1.29 is 19.4 Å². The molecular weight excluding hydrogens is 366 g/mol. The van der Waals surface area contributed by atoms with Gasteiger partial charge in [-0.2, -0.15) is 5.26 Å². The molecular formula is C24H25NO4. The van der Waals surface area contributed by atoms with Crippen molar-refractivity contribution >= 4 is 11.5 Å².